The Labute approximate surface area is 146 Å². The van der Waals surface area contributed by atoms with Crippen molar-refractivity contribution in [2.24, 2.45) is 5.41 Å². The van der Waals surface area contributed by atoms with E-state index in [-0.39, 0.29) is 17.5 Å². The SMILES string of the molecule is CC1=C(/C=C/C(C)=C\C2CC(N(C)C)=CC(=O)O2)C(C)(C)CCC1. The molecule has 0 fully saturated rings. The second kappa shape index (κ2) is 7.42. The van der Waals surface area contributed by atoms with Gasteiger partial charge in [0.05, 0.1) is 0 Å². The van der Waals surface area contributed by atoms with Crippen LogP contribution in [0, 0.1) is 5.41 Å². The molecule has 1 unspecified atom stereocenters. The highest BCUT2D eigenvalue weighted by molar-refractivity contribution is 5.83. The van der Waals surface area contributed by atoms with Crippen molar-refractivity contribution in [2.75, 3.05) is 14.1 Å². The minimum atomic E-state index is -0.255. The lowest BCUT2D eigenvalue weighted by atomic mass is 9.72. The van der Waals surface area contributed by atoms with Crippen LogP contribution in [0.3, 0.4) is 0 Å². The molecule has 0 saturated carbocycles. The summed E-state index contributed by atoms with van der Waals surface area (Å²) in [5, 5.41) is 0. The van der Waals surface area contributed by atoms with Gasteiger partial charge in [0.15, 0.2) is 0 Å². The van der Waals surface area contributed by atoms with Crippen LogP contribution in [0.1, 0.15) is 53.4 Å². The molecule has 1 heterocycles. The van der Waals surface area contributed by atoms with Gasteiger partial charge < -0.3 is 9.64 Å². The number of carbonyl (C=O) groups is 1. The first-order valence-corrected chi connectivity index (χ1v) is 8.84. The summed E-state index contributed by atoms with van der Waals surface area (Å²) in [5.74, 6) is -0.255. The topological polar surface area (TPSA) is 29.5 Å². The molecule has 0 aromatic heterocycles. The molecule has 0 radical (unpaired) electrons. The van der Waals surface area contributed by atoms with Gasteiger partial charge in [-0.25, -0.2) is 4.79 Å². The van der Waals surface area contributed by atoms with Crippen molar-refractivity contribution in [2.45, 2.75) is 59.5 Å². The van der Waals surface area contributed by atoms with E-state index in [0.717, 1.165) is 17.7 Å². The zero-order chi connectivity index (χ0) is 17.9. The predicted molar refractivity (Wildman–Crippen MR) is 99.5 cm³/mol. The second-order valence-corrected chi connectivity index (χ2v) is 7.89. The number of cyclic esters (lactones) is 1. The Morgan fingerprint density at radius 3 is 2.71 bits per heavy atom. The summed E-state index contributed by atoms with van der Waals surface area (Å²) >= 11 is 0. The normalized spacial score (nSPS) is 24.9. The Bertz CT molecular complexity index is 618. The Morgan fingerprint density at radius 2 is 2.08 bits per heavy atom. The average molecular weight is 329 g/mol. The third-order valence-corrected chi connectivity index (χ3v) is 5.04. The average Bonchev–Trinajstić information content (AvgIpc) is 2.45. The zero-order valence-corrected chi connectivity index (χ0v) is 16.0. The van der Waals surface area contributed by atoms with Crippen LogP contribution >= 0.6 is 0 Å². The maximum Gasteiger partial charge on any atom is 0.333 e. The highest BCUT2D eigenvalue weighted by Crippen LogP contribution is 2.40. The number of carbonyl (C=O) groups excluding carboxylic acids is 1. The lowest BCUT2D eigenvalue weighted by molar-refractivity contribution is -0.142. The Balaban J connectivity index is 2.12. The first-order valence-electron chi connectivity index (χ1n) is 8.84. The van der Waals surface area contributed by atoms with Crippen LogP contribution in [-0.4, -0.2) is 31.1 Å². The van der Waals surface area contributed by atoms with Crippen molar-refractivity contribution in [3.05, 3.63) is 46.7 Å². The van der Waals surface area contributed by atoms with Crippen LogP contribution in [0.2, 0.25) is 0 Å². The van der Waals surface area contributed by atoms with E-state index < -0.39 is 0 Å². The molecule has 0 N–H and O–H groups in total. The Kier molecular flexibility index (Phi) is 5.74. The molecule has 2 aliphatic rings. The smallest absolute Gasteiger partial charge is 0.333 e. The molecule has 24 heavy (non-hydrogen) atoms. The van der Waals surface area contributed by atoms with Gasteiger partial charge in [-0.05, 0) is 50.2 Å². The maximum absolute atomic E-state index is 11.7. The summed E-state index contributed by atoms with van der Waals surface area (Å²) < 4.78 is 5.43. The van der Waals surface area contributed by atoms with E-state index in [1.807, 2.05) is 19.0 Å². The van der Waals surface area contributed by atoms with Gasteiger partial charge in [-0.15, -0.1) is 0 Å². The summed E-state index contributed by atoms with van der Waals surface area (Å²) in [6.45, 7) is 8.97. The monoisotopic (exact) mass is 329 g/mol. The van der Waals surface area contributed by atoms with E-state index in [0.29, 0.717) is 0 Å². The van der Waals surface area contributed by atoms with Gasteiger partial charge in [-0.2, -0.15) is 0 Å². The van der Waals surface area contributed by atoms with Crippen LogP contribution < -0.4 is 0 Å². The largest absolute Gasteiger partial charge is 0.454 e. The van der Waals surface area contributed by atoms with Crippen molar-refractivity contribution < 1.29 is 9.53 Å². The van der Waals surface area contributed by atoms with Crippen molar-refractivity contribution >= 4 is 5.97 Å². The molecule has 0 bridgehead atoms. The second-order valence-electron chi connectivity index (χ2n) is 7.89. The molecule has 0 aromatic carbocycles. The highest BCUT2D eigenvalue weighted by atomic mass is 16.5. The number of rotatable bonds is 4. The summed E-state index contributed by atoms with van der Waals surface area (Å²) in [5.41, 5.74) is 5.34. The van der Waals surface area contributed by atoms with Gasteiger partial charge >= 0.3 is 5.97 Å². The summed E-state index contributed by atoms with van der Waals surface area (Å²) in [6, 6.07) is 0. The van der Waals surface area contributed by atoms with E-state index in [2.05, 4.69) is 45.9 Å². The number of hydrogen-bond acceptors (Lipinski definition) is 3. The van der Waals surface area contributed by atoms with Gasteiger partial charge in [0.1, 0.15) is 6.10 Å². The molecule has 0 spiro atoms. The van der Waals surface area contributed by atoms with Crippen LogP contribution in [0.25, 0.3) is 0 Å². The minimum Gasteiger partial charge on any atom is -0.454 e. The lowest BCUT2D eigenvalue weighted by Crippen LogP contribution is -2.26. The zero-order valence-electron chi connectivity index (χ0n) is 16.0. The molecule has 0 aromatic rings. The van der Waals surface area contributed by atoms with E-state index >= 15 is 0 Å². The lowest BCUT2D eigenvalue weighted by Gasteiger charge is -2.33. The molecule has 0 amide bonds. The number of nitrogens with zero attached hydrogens (tertiary/aromatic N) is 1. The molecule has 2 rings (SSSR count). The molecule has 3 heteroatoms. The first kappa shape index (κ1) is 18.6. The van der Waals surface area contributed by atoms with Crippen LogP contribution in [0.4, 0.5) is 0 Å². The fourth-order valence-electron chi connectivity index (χ4n) is 3.60. The number of allylic oxidation sites excluding steroid dienone is 5. The van der Waals surface area contributed by atoms with Crippen molar-refractivity contribution in [1.82, 2.24) is 4.90 Å². The van der Waals surface area contributed by atoms with Crippen molar-refractivity contribution in [3.8, 4) is 0 Å². The third kappa shape index (κ3) is 4.62. The summed E-state index contributed by atoms with van der Waals surface area (Å²) in [4.78, 5) is 13.7. The van der Waals surface area contributed by atoms with E-state index in [4.69, 9.17) is 4.74 Å². The molecule has 132 valence electrons. The number of esters is 1. The van der Waals surface area contributed by atoms with Gasteiger partial charge in [0.2, 0.25) is 0 Å². The Hall–Kier alpha value is -1.77. The molecule has 0 saturated heterocycles. The van der Waals surface area contributed by atoms with Gasteiger partial charge in [0, 0.05) is 32.3 Å². The fraction of sp³-hybridized carbons (Fsp3) is 0.571. The quantitative estimate of drug-likeness (QED) is 0.549. The van der Waals surface area contributed by atoms with Crippen LogP contribution in [0.5, 0.6) is 0 Å². The predicted octanol–water partition coefficient (Wildman–Crippen LogP) is 4.78. The minimum absolute atomic E-state index is 0.181. The summed E-state index contributed by atoms with van der Waals surface area (Å²) in [7, 11) is 3.91. The van der Waals surface area contributed by atoms with Crippen LogP contribution in [-0.2, 0) is 9.53 Å². The molecule has 1 atom stereocenters. The molecule has 1 aliphatic heterocycles. The first-order chi connectivity index (χ1) is 11.2. The van der Waals surface area contributed by atoms with Gasteiger partial charge in [-0.1, -0.05) is 37.1 Å². The molecular formula is C21H31NO2. The molecule has 3 nitrogen and oxygen atoms in total. The van der Waals surface area contributed by atoms with Gasteiger partial charge in [0.25, 0.3) is 0 Å². The van der Waals surface area contributed by atoms with Crippen molar-refractivity contribution in [3.63, 3.8) is 0 Å². The van der Waals surface area contributed by atoms with E-state index in [1.54, 1.807) is 6.08 Å². The van der Waals surface area contributed by atoms with Crippen LogP contribution in [0.15, 0.2) is 46.7 Å². The number of hydrogen-bond donors (Lipinski definition) is 0. The maximum atomic E-state index is 11.7. The fourth-order valence-corrected chi connectivity index (χ4v) is 3.60. The van der Waals surface area contributed by atoms with E-state index in [1.165, 1.54) is 30.4 Å². The standard InChI is InChI=1S/C21H31NO2/c1-15(9-10-19-16(2)8-7-11-21(19,3)4)12-18-13-17(22(5)6)14-20(23)24-18/h9-10,12,14,18H,7-8,11,13H2,1-6H3/b10-9+,15-12-. The van der Waals surface area contributed by atoms with Gasteiger partial charge in [-0.3, -0.25) is 0 Å². The molecular weight excluding hydrogens is 298 g/mol. The highest BCUT2D eigenvalue weighted by Gasteiger charge is 2.26. The molecule has 1 aliphatic carbocycles. The number of ether oxygens (including phenoxy) is 1. The Morgan fingerprint density at radius 1 is 1.38 bits per heavy atom. The van der Waals surface area contributed by atoms with Crippen molar-refractivity contribution in [1.29, 1.82) is 0 Å². The third-order valence-electron chi connectivity index (χ3n) is 5.04. The summed E-state index contributed by atoms with van der Waals surface area (Å²) in [6.07, 6.45) is 12.3. The van der Waals surface area contributed by atoms with E-state index in [9.17, 15) is 4.79 Å².